The molecule has 3 rings (SSSR count). The van der Waals surface area contributed by atoms with Crippen LogP contribution in [0.5, 0.6) is 0 Å². The van der Waals surface area contributed by atoms with Gasteiger partial charge in [0.2, 0.25) is 5.91 Å². The van der Waals surface area contributed by atoms with Gasteiger partial charge in [0.15, 0.2) is 5.58 Å². The number of thioether (sulfide) groups is 1. The maximum Gasteiger partial charge on any atom is 0.257 e. The minimum absolute atomic E-state index is 0.117. The molecule has 2 aromatic carbocycles. The summed E-state index contributed by atoms with van der Waals surface area (Å²) in [5.41, 5.74) is 3.16. The molecule has 1 aromatic heterocycles. The van der Waals surface area contributed by atoms with E-state index in [1.165, 1.54) is 11.8 Å². The number of aromatic nitrogens is 1. The highest BCUT2D eigenvalue weighted by Crippen LogP contribution is 2.24. The average molecular weight is 333 g/mol. The largest absolute Gasteiger partial charge is 0.431 e. The SMILES string of the molecule is Cc1cc(NC(=O)CSc2nc3ccccc3o2)ccc1Cl. The second kappa shape index (κ2) is 6.42. The highest BCUT2D eigenvalue weighted by Gasteiger charge is 2.09. The maximum atomic E-state index is 12.0. The van der Waals surface area contributed by atoms with E-state index >= 15 is 0 Å². The summed E-state index contributed by atoms with van der Waals surface area (Å²) in [6.45, 7) is 1.89. The van der Waals surface area contributed by atoms with Crippen molar-refractivity contribution in [3.05, 3.63) is 53.1 Å². The average Bonchev–Trinajstić information content (AvgIpc) is 2.92. The molecule has 6 heteroatoms. The molecule has 1 heterocycles. The molecule has 0 aliphatic rings. The van der Waals surface area contributed by atoms with E-state index in [0.29, 0.717) is 10.2 Å². The normalized spacial score (nSPS) is 10.8. The summed E-state index contributed by atoms with van der Waals surface area (Å²) in [4.78, 5) is 16.3. The Hall–Kier alpha value is -1.98. The molecule has 0 saturated heterocycles. The number of nitrogens with one attached hydrogen (secondary N) is 1. The topological polar surface area (TPSA) is 55.1 Å². The first kappa shape index (κ1) is 14.9. The van der Waals surface area contributed by atoms with Gasteiger partial charge in [-0.25, -0.2) is 4.98 Å². The zero-order chi connectivity index (χ0) is 15.5. The number of para-hydroxylation sites is 2. The lowest BCUT2D eigenvalue weighted by Gasteiger charge is -2.06. The van der Waals surface area contributed by atoms with Crippen LogP contribution in [0.15, 0.2) is 52.1 Å². The minimum Gasteiger partial charge on any atom is -0.431 e. The van der Waals surface area contributed by atoms with Crippen LogP contribution in [0.4, 0.5) is 5.69 Å². The summed E-state index contributed by atoms with van der Waals surface area (Å²) in [7, 11) is 0. The summed E-state index contributed by atoms with van der Waals surface area (Å²) in [6.07, 6.45) is 0. The van der Waals surface area contributed by atoms with Crippen molar-refractivity contribution in [1.29, 1.82) is 0 Å². The van der Waals surface area contributed by atoms with Gasteiger partial charge in [-0.1, -0.05) is 35.5 Å². The number of benzene rings is 2. The highest BCUT2D eigenvalue weighted by molar-refractivity contribution is 7.99. The number of carbonyl (C=O) groups excluding carboxylic acids is 1. The Balaban J connectivity index is 1.60. The van der Waals surface area contributed by atoms with Gasteiger partial charge in [0.1, 0.15) is 5.52 Å². The van der Waals surface area contributed by atoms with Crippen LogP contribution in [-0.4, -0.2) is 16.6 Å². The van der Waals surface area contributed by atoms with Gasteiger partial charge in [0.05, 0.1) is 5.75 Å². The van der Waals surface area contributed by atoms with Crippen LogP contribution in [0.25, 0.3) is 11.1 Å². The van der Waals surface area contributed by atoms with E-state index in [2.05, 4.69) is 10.3 Å². The van der Waals surface area contributed by atoms with Gasteiger partial charge in [0, 0.05) is 10.7 Å². The number of nitrogens with zero attached hydrogens (tertiary/aromatic N) is 1. The Bertz CT molecular complexity index is 799. The summed E-state index contributed by atoms with van der Waals surface area (Å²) in [6, 6.07) is 12.9. The van der Waals surface area contributed by atoms with Crippen LogP contribution in [0.1, 0.15) is 5.56 Å². The third-order valence-electron chi connectivity index (χ3n) is 3.04. The molecule has 0 unspecified atom stereocenters. The quantitative estimate of drug-likeness (QED) is 0.714. The van der Waals surface area contributed by atoms with Crippen molar-refractivity contribution < 1.29 is 9.21 Å². The first-order valence-corrected chi connectivity index (χ1v) is 8.02. The molecule has 1 amide bonds. The van der Waals surface area contributed by atoms with Crippen molar-refractivity contribution in [2.24, 2.45) is 0 Å². The molecule has 112 valence electrons. The predicted molar refractivity (Wildman–Crippen MR) is 89.6 cm³/mol. The van der Waals surface area contributed by atoms with Gasteiger partial charge in [-0.15, -0.1) is 0 Å². The number of halogens is 1. The third-order valence-corrected chi connectivity index (χ3v) is 4.29. The van der Waals surface area contributed by atoms with Gasteiger partial charge < -0.3 is 9.73 Å². The van der Waals surface area contributed by atoms with Crippen molar-refractivity contribution in [3.63, 3.8) is 0 Å². The molecule has 0 aliphatic heterocycles. The zero-order valence-electron chi connectivity index (χ0n) is 11.8. The van der Waals surface area contributed by atoms with E-state index in [1.54, 1.807) is 12.1 Å². The van der Waals surface area contributed by atoms with Crippen molar-refractivity contribution >= 4 is 46.1 Å². The van der Waals surface area contributed by atoms with E-state index < -0.39 is 0 Å². The molecule has 0 bridgehead atoms. The first-order chi connectivity index (χ1) is 10.6. The van der Waals surface area contributed by atoms with Crippen LogP contribution in [0.3, 0.4) is 0 Å². The smallest absolute Gasteiger partial charge is 0.257 e. The summed E-state index contributed by atoms with van der Waals surface area (Å²) in [5, 5.41) is 4.00. The number of oxazole rings is 1. The van der Waals surface area contributed by atoms with E-state index in [0.717, 1.165) is 22.4 Å². The molecule has 0 radical (unpaired) electrons. The second-order valence-corrected chi connectivity index (χ2v) is 6.08. The van der Waals surface area contributed by atoms with E-state index in [-0.39, 0.29) is 11.7 Å². The molecule has 3 aromatic rings. The van der Waals surface area contributed by atoms with Gasteiger partial charge in [-0.05, 0) is 42.8 Å². The lowest BCUT2D eigenvalue weighted by Crippen LogP contribution is -2.14. The van der Waals surface area contributed by atoms with Crippen LogP contribution in [0.2, 0.25) is 5.02 Å². The first-order valence-electron chi connectivity index (χ1n) is 6.66. The lowest BCUT2D eigenvalue weighted by atomic mass is 10.2. The van der Waals surface area contributed by atoms with Gasteiger partial charge in [-0.2, -0.15) is 0 Å². The predicted octanol–water partition coefficient (Wildman–Crippen LogP) is 4.52. The maximum absolute atomic E-state index is 12.0. The van der Waals surface area contributed by atoms with Gasteiger partial charge in [0.25, 0.3) is 5.22 Å². The van der Waals surface area contributed by atoms with E-state index in [9.17, 15) is 4.79 Å². The number of anilines is 1. The van der Waals surface area contributed by atoms with Crippen LogP contribution >= 0.6 is 23.4 Å². The molecule has 22 heavy (non-hydrogen) atoms. The number of aryl methyl sites for hydroxylation is 1. The molecule has 1 N–H and O–H groups in total. The van der Waals surface area contributed by atoms with E-state index in [1.807, 2.05) is 37.3 Å². The summed E-state index contributed by atoms with van der Waals surface area (Å²) in [5.74, 6) is 0.114. The Kier molecular flexibility index (Phi) is 4.36. The van der Waals surface area contributed by atoms with Gasteiger partial charge >= 0.3 is 0 Å². The van der Waals surface area contributed by atoms with Crippen LogP contribution in [-0.2, 0) is 4.79 Å². The van der Waals surface area contributed by atoms with Crippen molar-refractivity contribution in [1.82, 2.24) is 4.98 Å². The fourth-order valence-electron chi connectivity index (χ4n) is 1.96. The molecule has 4 nitrogen and oxygen atoms in total. The summed E-state index contributed by atoms with van der Waals surface area (Å²) < 4.78 is 5.56. The van der Waals surface area contributed by atoms with Crippen LogP contribution < -0.4 is 5.32 Å². The zero-order valence-corrected chi connectivity index (χ0v) is 13.4. The van der Waals surface area contributed by atoms with Crippen LogP contribution in [0, 0.1) is 6.92 Å². The van der Waals surface area contributed by atoms with Gasteiger partial charge in [-0.3, -0.25) is 4.79 Å². The van der Waals surface area contributed by atoms with Crippen molar-refractivity contribution in [2.75, 3.05) is 11.1 Å². The van der Waals surface area contributed by atoms with E-state index in [4.69, 9.17) is 16.0 Å². The Morgan fingerprint density at radius 1 is 1.32 bits per heavy atom. The molecule has 0 atom stereocenters. The molecular formula is C16H13ClN2O2S. The van der Waals surface area contributed by atoms with Crippen molar-refractivity contribution in [2.45, 2.75) is 12.1 Å². The monoisotopic (exact) mass is 332 g/mol. The molecular weight excluding hydrogens is 320 g/mol. The Labute approximate surface area is 136 Å². The fraction of sp³-hybridized carbons (Fsp3) is 0.125. The Morgan fingerprint density at radius 2 is 2.14 bits per heavy atom. The number of hydrogen-bond acceptors (Lipinski definition) is 4. The Morgan fingerprint density at radius 3 is 2.91 bits per heavy atom. The number of fused-ring (bicyclic) bond motifs is 1. The summed E-state index contributed by atoms with van der Waals surface area (Å²) >= 11 is 7.22. The minimum atomic E-state index is -0.117. The fourth-order valence-corrected chi connectivity index (χ4v) is 2.72. The number of rotatable bonds is 4. The number of amides is 1. The molecule has 0 saturated carbocycles. The van der Waals surface area contributed by atoms with Crippen molar-refractivity contribution in [3.8, 4) is 0 Å². The number of carbonyl (C=O) groups is 1. The third kappa shape index (κ3) is 3.43. The standard InChI is InChI=1S/C16H13ClN2O2S/c1-10-8-11(6-7-12(10)17)18-15(20)9-22-16-19-13-4-2-3-5-14(13)21-16/h2-8H,9H2,1H3,(H,18,20). The molecule has 0 fully saturated rings. The molecule has 0 aliphatic carbocycles. The number of hydrogen-bond donors (Lipinski definition) is 1. The highest BCUT2D eigenvalue weighted by atomic mass is 35.5. The lowest BCUT2D eigenvalue weighted by molar-refractivity contribution is -0.113. The second-order valence-electron chi connectivity index (χ2n) is 4.75. The molecule has 0 spiro atoms.